The third-order valence-electron chi connectivity index (χ3n) is 5.18. The van der Waals surface area contributed by atoms with Crippen LogP contribution in [0.3, 0.4) is 0 Å². The molecule has 0 saturated heterocycles. The minimum atomic E-state index is -0.428. The van der Waals surface area contributed by atoms with Gasteiger partial charge in [0.05, 0.1) is 17.7 Å². The maximum Gasteiger partial charge on any atom is 0.339 e. The first-order chi connectivity index (χ1) is 15.0. The van der Waals surface area contributed by atoms with Crippen molar-refractivity contribution in [2.45, 2.75) is 26.7 Å². The average Bonchev–Trinajstić information content (AvgIpc) is 3.13. The number of hydrogen-bond acceptors (Lipinski definition) is 6. The molecular formula is C24H22N2O4S. The van der Waals surface area contributed by atoms with Crippen molar-refractivity contribution < 1.29 is 13.9 Å². The second-order valence-electron chi connectivity index (χ2n) is 7.20. The number of anilines is 1. The van der Waals surface area contributed by atoms with Crippen LogP contribution in [0.4, 0.5) is 5.13 Å². The Labute approximate surface area is 183 Å². The van der Waals surface area contributed by atoms with Crippen LogP contribution >= 0.6 is 11.3 Å². The third-order valence-corrected chi connectivity index (χ3v) is 6.30. The highest BCUT2D eigenvalue weighted by atomic mass is 32.1. The predicted octanol–water partition coefficient (Wildman–Crippen LogP) is 5.11. The summed E-state index contributed by atoms with van der Waals surface area (Å²) < 4.78 is 10.6. The fraction of sp³-hybridized carbons (Fsp3) is 0.208. The second-order valence-corrected chi connectivity index (χ2v) is 8.20. The molecule has 0 aliphatic heterocycles. The van der Waals surface area contributed by atoms with Crippen molar-refractivity contribution in [2.24, 2.45) is 0 Å². The minimum absolute atomic E-state index is 0.159. The normalized spacial score (nSPS) is 10.9. The fourth-order valence-corrected chi connectivity index (χ4v) is 4.51. The van der Waals surface area contributed by atoms with Crippen LogP contribution in [0.5, 0.6) is 5.75 Å². The van der Waals surface area contributed by atoms with Gasteiger partial charge in [-0.05, 0) is 43.5 Å². The van der Waals surface area contributed by atoms with E-state index in [2.05, 4.69) is 10.3 Å². The number of nitrogens with one attached hydrogen (secondary N) is 1. The lowest BCUT2D eigenvalue weighted by Gasteiger charge is -2.08. The molecule has 0 aliphatic rings. The van der Waals surface area contributed by atoms with Crippen molar-refractivity contribution in [1.82, 2.24) is 4.98 Å². The zero-order valence-electron chi connectivity index (χ0n) is 17.5. The molecule has 2 aromatic carbocycles. The molecule has 1 N–H and O–H groups in total. The Bertz CT molecular complexity index is 1310. The number of nitrogens with zero attached hydrogens (tertiary/aromatic N) is 1. The van der Waals surface area contributed by atoms with Gasteiger partial charge >= 0.3 is 5.63 Å². The van der Waals surface area contributed by atoms with Gasteiger partial charge in [-0.3, -0.25) is 4.79 Å². The Morgan fingerprint density at radius 1 is 1.16 bits per heavy atom. The first-order valence-electron chi connectivity index (χ1n) is 9.89. The molecule has 0 saturated carbocycles. The van der Waals surface area contributed by atoms with Crippen molar-refractivity contribution in [3.63, 3.8) is 0 Å². The van der Waals surface area contributed by atoms with E-state index in [4.69, 9.17) is 9.15 Å². The van der Waals surface area contributed by atoms with E-state index < -0.39 is 5.63 Å². The van der Waals surface area contributed by atoms with E-state index in [-0.39, 0.29) is 18.7 Å². The molecule has 0 aliphatic carbocycles. The number of amides is 1. The number of benzene rings is 2. The number of thiazole rings is 1. The molecule has 0 fully saturated rings. The predicted molar refractivity (Wildman–Crippen MR) is 123 cm³/mol. The number of rotatable bonds is 6. The molecule has 4 aromatic rings. The lowest BCUT2D eigenvalue weighted by atomic mass is 10.0. The van der Waals surface area contributed by atoms with E-state index in [1.165, 1.54) is 11.3 Å². The SMILES string of the molecule is COc1ccc2c(C)c(CCC(=O)Nc3nc(C)c(-c4ccccc4)s3)c(=O)oc2c1. The van der Waals surface area contributed by atoms with Crippen LogP contribution in [-0.2, 0) is 11.2 Å². The van der Waals surface area contributed by atoms with Gasteiger partial charge in [-0.1, -0.05) is 41.7 Å². The van der Waals surface area contributed by atoms with Gasteiger partial charge in [0, 0.05) is 23.4 Å². The maximum absolute atomic E-state index is 12.5. The summed E-state index contributed by atoms with van der Waals surface area (Å²) in [6.45, 7) is 3.79. The summed E-state index contributed by atoms with van der Waals surface area (Å²) in [7, 11) is 1.56. The Morgan fingerprint density at radius 3 is 2.68 bits per heavy atom. The van der Waals surface area contributed by atoms with Gasteiger partial charge in [0.1, 0.15) is 11.3 Å². The van der Waals surface area contributed by atoms with Gasteiger partial charge in [-0.25, -0.2) is 9.78 Å². The summed E-state index contributed by atoms with van der Waals surface area (Å²) in [5.74, 6) is 0.429. The highest BCUT2D eigenvalue weighted by Crippen LogP contribution is 2.32. The summed E-state index contributed by atoms with van der Waals surface area (Å²) in [5, 5.41) is 4.24. The summed E-state index contributed by atoms with van der Waals surface area (Å²) in [6.07, 6.45) is 0.449. The van der Waals surface area contributed by atoms with E-state index in [9.17, 15) is 9.59 Å². The quantitative estimate of drug-likeness (QED) is 0.426. The molecule has 158 valence electrons. The van der Waals surface area contributed by atoms with Crippen LogP contribution in [0.15, 0.2) is 57.7 Å². The molecule has 2 heterocycles. The second kappa shape index (κ2) is 8.73. The third kappa shape index (κ3) is 4.36. The van der Waals surface area contributed by atoms with Gasteiger partial charge in [-0.2, -0.15) is 0 Å². The number of aromatic nitrogens is 1. The zero-order chi connectivity index (χ0) is 22.0. The van der Waals surface area contributed by atoms with Gasteiger partial charge in [0.2, 0.25) is 5.91 Å². The van der Waals surface area contributed by atoms with Crippen LogP contribution in [0, 0.1) is 13.8 Å². The molecule has 1 amide bonds. The average molecular weight is 435 g/mol. The number of methoxy groups -OCH3 is 1. The summed E-state index contributed by atoms with van der Waals surface area (Å²) in [6, 6.07) is 15.3. The number of ether oxygens (including phenoxy) is 1. The largest absolute Gasteiger partial charge is 0.497 e. The molecule has 0 bridgehead atoms. The van der Waals surface area contributed by atoms with Crippen molar-refractivity contribution in [3.8, 4) is 16.2 Å². The standard InChI is InChI=1S/C24H22N2O4S/c1-14-18-10-9-17(29-3)13-20(18)30-23(28)19(14)11-12-21(27)26-24-25-15(2)22(31-24)16-7-5-4-6-8-16/h4-10,13H,11-12H2,1-3H3,(H,25,26,27). The van der Waals surface area contributed by atoms with Gasteiger partial charge in [0.25, 0.3) is 0 Å². The molecule has 0 radical (unpaired) electrons. The van der Waals surface area contributed by atoms with Crippen LogP contribution in [0.2, 0.25) is 0 Å². The van der Waals surface area contributed by atoms with E-state index >= 15 is 0 Å². The molecule has 2 aromatic heterocycles. The summed E-state index contributed by atoms with van der Waals surface area (Å²) >= 11 is 1.44. The van der Waals surface area contributed by atoms with Crippen molar-refractivity contribution >= 4 is 33.3 Å². The van der Waals surface area contributed by atoms with E-state index in [1.54, 1.807) is 13.2 Å². The smallest absolute Gasteiger partial charge is 0.339 e. The Hall–Kier alpha value is -3.45. The Morgan fingerprint density at radius 2 is 1.94 bits per heavy atom. The fourth-order valence-electron chi connectivity index (χ4n) is 3.52. The van der Waals surface area contributed by atoms with Crippen LogP contribution in [0.1, 0.15) is 23.2 Å². The van der Waals surface area contributed by atoms with Crippen LogP contribution < -0.4 is 15.7 Å². The molecule has 6 nitrogen and oxygen atoms in total. The molecule has 7 heteroatoms. The van der Waals surface area contributed by atoms with Crippen molar-refractivity contribution in [2.75, 3.05) is 12.4 Å². The van der Waals surface area contributed by atoms with E-state index in [0.29, 0.717) is 22.0 Å². The summed E-state index contributed by atoms with van der Waals surface area (Å²) in [5.41, 5.74) is 3.31. The first kappa shape index (κ1) is 20.8. The number of carbonyl (C=O) groups is 1. The Balaban J connectivity index is 1.48. The van der Waals surface area contributed by atoms with Gasteiger partial charge < -0.3 is 14.5 Å². The number of hydrogen-bond donors (Lipinski definition) is 1. The van der Waals surface area contributed by atoms with E-state index in [0.717, 1.165) is 27.1 Å². The Kier molecular flexibility index (Phi) is 5.86. The molecular weight excluding hydrogens is 412 g/mol. The molecule has 0 unspecified atom stereocenters. The minimum Gasteiger partial charge on any atom is -0.497 e. The van der Waals surface area contributed by atoms with Crippen LogP contribution in [-0.4, -0.2) is 18.0 Å². The number of fused-ring (bicyclic) bond motifs is 1. The highest BCUT2D eigenvalue weighted by molar-refractivity contribution is 7.19. The first-order valence-corrected chi connectivity index (χ1v) is 10.7. The van der Waals surface area contributed by atoms with Crippen LogP contribution in [0.25, 0.3) is 21.4 Å². The number of aryl methyl sites for hydroxylation is 2. The van der Waals surface area contributed by atoms with E-state index in [1.807, 2.05) is 56.3 Å². The van der Waals surface area contributed by atoms with Gasteiger partial charge in [-0.15, -0.1) is 0 Å². The lowest BCUT2D eigenvalue weighted by molar-refractivity contribution is -0.116. The molecule has 31 heavy (non-hydrogen) atoms. The maximum atomic E-state index is 12.5. The molecule has 0 atom stereocenters. The summed E-state index contributed by atoms with van der Waals surface area (Å²) in [4.78, 5) is 30.5. The zero-order valence-corrected chi connectivity index (χ0v) is 18.3. The molecule has 0 spiro atoms. The monoisotopic (exact) mass is 434 g/mol. The topological polar surface area (TPSA) is 81.4 Å². The highest BCUT2D eigenvalue weighted by Gasteiger charge is 2.15. The van der Waals surface area contributed by atoms with Gasteiger partial charge in [0.15, 0.2) is 5.13 Å². The molecule has 4 rings (SSSR count). The van der Waals surface area contributed by atoms with Crippen molar-refractivity contribution in [1.29, 1.82) is 0 Å². The van der Waals surface area contributed by atoms with Crippen molar-refractivity contribution in [3.05, 3.63) is 75.8 Å². The number of carbonyl (C=O) groups excluding carboxylic acids is 1. The lowest BCUT2D eigenvalue weighted by Crippen LogP contribution is -2.16.